The van der Waals surface area contributed by atoms with E-state index >= 15 is 0 Å². The van der Waals surface area contributed by atoms with Crippen molar-refractivity contribution in [1.29, 1.82) is 0 Å². The monoisotopic (exact) mass is 226 g/mol. The number of hydrogen-bond donors (Lipinski definition) is 1. The Hall–Kier alpha value is -0.970. The number of Topliss-reactive ketones (excluding diaryl/α,β-unsaturated/α-hetero) is 1. The van der Waals surface area contributed by atoms with Crippen LogP contribution in [0.2, 0.25) is 0 Å². The predicted molar refractivity (Wildman–Crippen MR) is 59.5 cm³/mol. The highest BCUT2D eigenvalue weighted by Gasteiger charge is 2.20. The Kier molecular flexibility index (Phi) is 3.00. The van der Waals surface area contributed by atoms with Gasteiger partial charge in [-0.15, -0.1) is 0 Å². The van der Waals surface area contributed by atoms with Crippen molar-refractivity contribution in [3.05, 3.63) is 11.9 Å². The molecule has 1 aliphatic heterocycles. The smallest absolute Gasteiger partial charge is 0.183 e. The maximum atomic E-state index is 11.1. The molecule has 15 heavy (non-hydrogen) atoms. The number of rotatable bonds is 2. The molecule has 0 amide bonds. The zero-order valence-electron chi connectivity index (χ0n) is 8.64. The molecule has 0 aliphatic carbocycles. The van der Waals surface area contributed by atoms with Crippen LogP contribution in [0.1, 0.15) is 36.3 Å². The Morgan fingerprint density at radius 3 is 2.80 bits per heavy atom. The lowest BCUT2D eigenvalue weighted by Crippen LogP contribution is -2.16. The third-order valence-electron chi connectivity index (χ3n) is 2.61. The first kappa shape index (κ1) is 10.5. The fourth-order valence-electron chi connectivity index (χ4n) is 1.77. The maximum absolute atomic E-state index is 11.1. The molecular formula is C10H14N2O2S. The molecule has 0 aromatic carbocycles. The van der Waals surface area contributed by atoms with Crippen LogP contribution in [0, 0.1) is 0 Å². The molecular weight excluding hydrogens is 212 g/mol. The van der Waals surface area contributed by atoms with Gasteiger partial charge < -0.3 is 5.11 Å². The first-order valence-electron chi connectivity index (χ1n) is 5.05. The van der Waals surface area contributed by atoms with E-state index < -0.39 is 0 Å². The summed E-state index contributed by atoms with van der Waals surface area (Å²) in [6.07, 6.45) is 3.68. The normalized spacial score (nSPS) is 17.9. The van der Waals surface area contributed by atoms with Gasteiger partial charge in [-0.2, -0.15) is 16.9 Å². The second kappa shape index (κ2) is 4.26. The van der Waals surface area contributed by atoms with Crippen LogP contribution in [0.15, 0.2) is 6.20 Å². The fourth-order valence-corrected chi connectivity index (χ4v) is 2.85. The number of aromatic nitrogens is 2. The van der Waals surface area contributed by atoms with Crippen LogP contribution in [0.3, 0.4) is 0 Å². The number of carbonyl (C=O) groups excluding carboxylic acids is 1. The van der Waals surface area contributed by atoms with Crippen LogP contribution >= 0.6 is 11.8 Å². The van der Waals surface area contributed by atoms with Crippen molar-refractivity contribution in [1.82, 2.24) is 9.78 Å². The van der Waals surface area contributed by atoms with E-state index in [0.717, 1.165) is 24.3 Å². The molecule has 1 fully saturated rings. The topological polar surface area (TPSA) is 55.1 Å². The minimum absolute atomic E-state index is 0.000673. The number of thioether (sulfide) groups is 1. The second-order valence-corrected chi connectivity index (χ2v) is 4.97. The molecule has 1 aromatic heterocycles. The zero-order chi connectivity index (χ0) is 10.8. The molecule has 0 spiro atoms. The molecule has 0 saturated carbocycles. The second-order valence-electron chi connectivity index (χ2n) is 3.74. The van der Waals surface area contributed by atoms with E-state index in [9.17, 15) is 9.90 Å². The van der Waals surface area contributed by atoms with Crippen LogP contribution in [0.25, 0.3) is 0 Å². The molecule has 1 aliphatic rings. The Bertz CT molecular complexity index is 369. The number of aromatic hydroxyl groups is 1. The molecule has 1 saturated heterocycles. The van der Waals surface area contributed by atoms with E-state index in [-0.39, 0.29) is 17.2 Å². The van der Waals surface area contributed by atoms with Crippen LogP contribution < -0.4 is 0 Å². The van der Waals surface area contributed by atoms with E-state index in [0.29, 0.717) is 6.04 Å². The average Bonchev–Trinajstić information content (AvgIpc) is 2.62. The van der Waals surface area contributed by atoms with Gasteiger partial charge in [-0.3, -0.25) is 9.48 Å². The van der Waals surface area contributed by atoms with Gasteiger partial charge in [-0.25, -0.2) is 0 Å². The van der Waals surface area contributed by atoms with Crippen molar-refractivity contribution in [2.75, 3.05) is 11.5 Å². The van der Waals surface area contributed by atoms with Crippen molar-refractivity contribution < 1.29 is 9.90 Å². The summed E-state index contributed by atoms with van der Waals surface area (Å²) < 4.78 is 1.74. The van der Waals surface area contributed by atoms with Crippen molar-refractivity contribution >= 4 is 17.5 Å². The molecule has 0 radical (unpaired) electrons. The number of nitrogens with zero attached hydrogens (tertiary/aromatic N) is 2. The summed E-state index contributed by atoms with van der Waals surface area (Å²) in [6.45, 7) is 1.42. The Labute approximate surface area is 92.7 Å². The van der Waals surface area contributed by atoms with E-state index in [1.54, 1.807) is 10.9 Å². The van der Waals surface area contributed by atoms with Gasteiger partial charge in [0.05, 0.1) is 12.2 Å². The van der Waals surface area contributed by atoms with Crippen LogP contribution in [-0.4, -0.2) is 32.2 Å². The molecule has 5 heteroatoms. The van der Waals surface area contributed by atoms with Gasteiger partial charge in [-0.05, 0) is 24.3 Å². The number of ketones is 1. The third-order valence-corrected chi connectivity index (χ3v) is 3.66. The molecule has 0 bridgehead atoms. The van der Waals surface area contributed by atoms with E-state index in [1.807, 2.05) is 11.8 Å². The molecule has 1 aromatic rings. The number of carbonyl (C=O) groups is 1. The summed E-state index contributed by atoms with van der Waals surface area (Å²) in [7, 11) is 0. The highest BCUT2D eigenvalue weighted by Crippen LogP contribution is 2.28. The van der Waals surface area contributed by atoms with Gasteiger partial charge in [0.15, 0.2) is 17.2 Å². The van der Waals surface area contributed by atoms with Gasteiger partial charge in [0.25, 0.3) is 0 Å². The van der Waals surface area contributed by atoms with Gasteiger partial charge in [0.1, 0.15) is 0 Å². The Morgan fingerprint density at radius 1 is 1.60 bits per heavy atom. The lowest BCUT2D eigenvalue weighted by atomic mass is 10.2. The largest absolute Gasteiger partial charge is 0.504 e. The first-order valence-corrected chi connectivity index (χ1v) is 6.20. The molecule has 82 valence electrons. The molecule has 1 N–H and O–H groups in total. The van der Waals surface area contributed by atoms with E-state index in [4.69, 9.17) is 0 Å². The fraction of sp³-hybridized carbons (Fsp3) is 0.600. The summed E-state index contributed by atoms with van der Waals surface area (Å²) in [6, 6.07) is 0.338. The van der Waals surface area contributed by atoms with Crippen LogP contribution in [-0.2, 0) is 0 Å². The number of hydrogen-bond acceptors (Lipinski definition) is 4. The zero-order valence-corrected chi connectivity index (χ0v) is 9.46. The first-order chi connectivity index (χ1) is 7.18. The predicted octanol–water partition coefficient (Wildman–Crippen LogP) is 1.86. The van der Waals surface area contributed by atoms with Gasteiger partial charge in [-0.1, -0.05) is 0 Å². The SMILES string of the molecule is CC(=O)c1nn(C2CCSCC2)cc1O. The van der Waals surface area contributed by atoms with Crippen molar-refractivity contribution in [2.45, 2.75) is 25.8 Å². The minimum atomic E-state index is -0.184. The Morgan fingerprint density at radius 2 is 2.27 bits per heavy atom. The molecule has 0 atom stereocenters. The van der Waals surface area contributed by atoms with E-state index in [2.05, 4.69) is 5.10 Å². The highest BCUT2D eigenvalue weighted by molar-refractivity contribution is 7.99. The lowest BCUT2D eigenvalue weighted by Gasteiger charge is -2.21. The Balaban J connectivity index is 2.21. The molecule has 4 nitrogen and oxygen atoms in total. The van der Waals surface area contributed by atoms with Crippen molar-refractivity contribution in [2.24, 2.45) is 0 Å². The summed E-state index contributed by atoms with van der Waals surface area (Å²) in [5.41, 5.74) is 0.188. The summed E-state index contributed by atoms with van der Waals surface area (Å²) in [5.74, 6) is 2.07. The summed E-state index contributed by atoms with van der Waals surface area (Å²) in [4.78, 5) is 11.1. The van der Waals surface area contributed by atoms with E-state index in [1.165, 1.54) is 6.92 Å². The van der Waals surface area contributed by atoms with Crippen LogP contribution in [0.4, 0.5) is 0 Å². The molecule has 2 rings (SSSR count). The maximum Gasteiger partial charge on any atom is 0.183 e. The standard InChI is InChI=1S/C10H14N2O2S/c1-7(13)10-9(14)6-12(11-10)8-2-4-15-5-3-8/h6,8,14H,2-5H2,1H3. The van der Waals surface area contributed by atoms with Crippen molar-refractivity contribution in [3.63, 3.8) is 0 Å². The third kappa shape index (κ3) is 2.17. The van der Waals surface area contributed by atoms with Crippen molar-refractivity contribution in [3.8, 4) is 5.75 Å². The molecule has 2 heterocycles. The lowest BCUT2D eigenvalue weighted by molar-refractivity contribution is 0.100. The van der Waals surface area contributed by atoms with Crippen LogP contribution in [0.5, 0.6) is 5.75 Å². The van der Waals surface area contributed by atoms with Gasteiger partial charge >= 0.3 is 0 Å². The highest BCUT2D eigenvalue weighted by atomic mass is 32.2. The van der Waals surface area contributed by atoms with Gasteiger partial charge in [0.2, 0.25) is 0 Å². The quantitative estimate of drug-likeness (QED) is 0.782. The molecule has 0 unspecified atom stereocenters. The van der Waals surface area contributed by atoms with Gasteiger partial charge in [0, 0.05) is 6.92 Å². The minimum Gasteiger partial charge on any atom is -0.504 e. The summed E-state index contributed by atoms with van der Waals surface area (Å²) in [5, 5.41) is 13.7. The average molecular weight is 226 g/mol. The summed E-state index contributed by atoms with van der Waals surface area (Å²) >= 11 is 1.94.